The molecule has 0 saturated heterocycles. The quantitative estimate of drug-likeness (QED) is 0.496. The molecule has 8 nitrogen and oxygen atoms in total. The van der Waals surface area contributed by atoms with Gasteiger partial charge in [-0.3, -0.25) is 14.2 Å². The molecule has 152 valence electrons. The van der Waals surface area contributed by atoms with Crippen LogP contribution in [0.4, 0.5) is 0 Å². The molecule has 30 heavy (non-hydrogen) atoms. The average molecular weight is 401 g/mol. The first-order valence-electron chi connectivity index (χ1n) is 9.64. The van der Waals surface area contributed by atoms with Crippen molar-refractivity contribution in [1.29, 1.82) is 0 Å². The Bertz CT molecular complexity index is 1160. The van der Waals surface area contributed by atoms with E-state index in [0.29, 0.717) is 18.8 Å². The summed E-state index contributed by atoms with van der Waals surface area (Å²) in [4.78, 5) is 22.4. The highest BCUT2D eigenvalue weighted by Gasteiger charge is 2.09. The summed E-state index contributed by atoms with van der Waals surface area (Å²) in [5.41, 5.74) is 4.87. The normalized spacial score (nSPS) is 10.9. The molecule has 0 N–H and O–H groups in total. The van der Waals surface area contributed by atoms with Gasteiger partial charge >= 0.3 is 0 Å². The van der Waals surface area contributed by atoms with Gasteiger partial charge in [0, 0.05) is 81.1 Å². The van der Waals surface area contributed by atoms with E-state index in [1.165, 1.54) is 0 Å². The van der Waals surface area contributed by atoms with E-state index in [1.54, 1.807) is 46.9 Å². The molecule has 3 heterocycles. The molecule has 1 aromatic carbocycles. The van der Waals surface area contributed by atoms with Gasteiger partial charge in [0.1, 0.15) is 0 Å². The molecule has 8 heteroatoms. The minimum absolute atomic E-state index is 0.0771. The fraction of sp³-hybridized carbons (Fsp3) is 0.227. The minimum Gasteiger partial charge on any atom is -0.349 e. The second kappa shape index (κ2) is 8.28. The van der Waals surface area contributed by atoms with Crippen LogP contribution in [0.1, 0.15) is 6.42 Å². The highest BCUT2D eigenvalue weighted by Crippen LogP contribution is 2.25. The number of aromatic nitrogens is 6. The SMILES string of the molecule is CN(C)C(=O)CCn1cc(-c2cnc(-c3cccc(-c4cnn(C)c4)c3)nc2)cn1. The Morgan fingerprint density at radius 1 is 0.900 bits per heavy atom. The average Bonchev–Trinajstić information content (AvgIpc) is 3.41. The lowest BCUT2D eigenvalue weighted by Gasteiger charge is -2.09. The molecule has 4 rings (SSSR count). The molecule has 0 aliphatic heterocycles. The summed E-state index contributed by atoms with van der Waals surface area (Å²) in [5, 5.41) is 8.56. The van der Waals surface area contributed by atoms with Crippen molar-refractivity contribution in [2.24, 2.45) is 7.05 Å². The van der Waals surface area contributed by atoms with Crippen molar-refractivity contribution in [3.8, 4) is 33.6 Å². The number of hydrogen-bond acceptors (Lipinski definition) is 5. The van der Waals surface area contributed by atoms with Crippen molar-refractivity contribution in [2.45, 2.75) is 13.0 Å². The molecule has 0 aliphatic rings. The third-order valence-corrected chi connectivity index (χ3v) is 4.83. The van der Waals surface area contributed by atoms with Crippen LogP contribution in [0.15, 0.2) is 61.4 Å². The second-order valence-electron chi connectivity index (χ2n) is 7.31. The number of rotatable bonds is 6. The van der Waals surface area contributed by atoms with Gasteiger partial charge in [-0.15, -0.1) is 0 Å². The molecule has 0 fully saturated rings. The molecule has 1 amide bonds. The predicted octanol–water partition coefficient (Wildman–Crippen LogP) is 2.89. The van der Waals surface area contributed by atoms with Gasteiger partial charge in [0.05, 0.1) is 12.4 Å². The van der Waals surface area contributed by atoms with Gasteiger partial charge in [0.25, 0.3) is 0 Å². The predicted molar refractivity (Wildman–Crippen MR) is 114 cm³/mol. The highest BCUT2D eigenvalue weighted by molar-refractivity contribution is 5.75. The van der Waals surface area contributed by atoms with E-state index in [1.807, 2.05) is 43.8 Å². The van der Waals surface area contributed by atoms with Crippen LogP contribution in [0, 0.1) is 0 Å². The molecule has 0 saturated carbocycles. The first-order chi connectivity index (χ1) is 14.5. The van der Waals surface area contributed by atoms with Crippen LogP contribution < -0.4 is 0 Å². The maximum Gasteiger partial charge on any atom is 0.223 e. The third-order valence-electron chi connectivity index (χ3n) is 4.83. The fourth-order valence-electron chi connectivity index (χ4n) is 3.10. The van der Waals surface area contributed by atoms with E-state index < -0.39 is 0 Å². The van der Waals surface area contributed by atoms with Crippen molar-refractivity contribution < 1.29 is 4.79 Å². The van der Waals surface area contributed by atoms with Gasteiger partial charge in [-0.2, -0.15) is 10.2 Å². The van der Waals surface area contributed by atoms with Gasteiger partial charge in [0.2, 0.25) is 5.91 Å². The van der Waals surface area contributed by atoms with E-state index in [0.717, 1.165) is 27.8 Å². The van der Waals surface area contributed by atoms with Crippen LogP contribution in [0.3, 0.4) is 0 Å². The van der Waals surface area contributed by atoms with Crippen LogP contribution in [-0.2, 0) is 18.4 Å². The molecular formula is C22H23N7O. The lowest BCUT2D eigenvalue weighted by molar-refractivity contribution is -0.128. The van der Waals surface area contributed by atoms with Crippen molar-refractivity contribution in [2.75, 3.05) is 14.1 Å². The first-order valence-corrected chi connectivity index (χ1v) is 9.64. The van der Waals surface area contributed by atoms with E-state index in [9.17, 15) is 4.79 Å². The Hall–Kier alpha value is -3.81. The fourth-order valence-corrected chi connectivity index (χ4v) is 3.10. The largest absolute Gasteiger partial charge is 0.349 e. The van der Waals surface area contributed by atoms with E-state index >= 15 is 0 Å². The van der Waals surface area contributed by atoms with Crippen molar-refractivity contribution in [1.82, 2.24) is 34.4 Å². The lowest BCUT2D eigenvalue weighted by Crippen LogP contribution is -2.22. The topological polar surface area (TPSA) is 81.7 Å². The number of carbonyl (C=O) groups is 1. The number of aryl methyl sites for hydroxylation is 2. The van der Waals surface area contributed by atoms with Crippen molar-refractivity contribution >= 4 is 5.91 Å². The highest BCUT2D eigenvalue weighted by atomic mass is 16.2. The summed E-state index contributed by atoms with van der Waals surface area (Å²) in [6.45, 7) is 0.539. The summed E-state index contributed by atoms with van der Waals surface area (Å²) < 4.78 is 3.55. The van der Waals surface area contributed by atoms with Crippen molar-refractivity contribution in [3.05, 3.63) is 61.4 Å². The van der Waals surface area contributed by atoms with Crippen LogP contribution in [0.5, 0.6) is 0 Å². The second-order valence-corrected chi connectivity index (χ2v) is 7.31. The molecule has 4 aromatic rings. The van der Waals surface area contributed by atoms with E-state index in [-0.39, 0.29) is 5.91 Å². The number of carbonyl (C=O) groups excluding carboxylic acids is 1. The third kappa shape index (κ3) is 4.27. The standard InChI is InChI=1S/C22H23N7O/c1-27(2)21(30)7-8-29-15-20(13-26-29)18-10-23-22(24-11-18)17-6-4-5-16(9-17)19-12-25-28(3)14-19/h4-6,9-15H,7-8H2,1-3H3. The summed E-state index contributed by atoms with van der Waals surface area (Å²) in [5.74, 6) is 0.738. The molecule has 0 aliphatic carbocycles. The Balaban J connectivity index is 1.49. The zero-order valence-electron chi connectivity index (χ0n) is 17.2. The van der Waals surface area contributed by atoms with Crippen LogP contribution in [0.2, 0.25) is 0 Å². The van der Waals surface area contributed by atoms with Crippen LogP contribution >= 0.6 is 0 Å². The van der Waals surface area contributed by atoms with Gasteiger partial charge in [0.15, 0.2) is 5.82 Å². The molecule has 0 unspecified atom stereocenters. The Morgan fingerprint density at radius 2 is 1.60 bits per heavy atom. The maximum atomic E-state index is 11.7. The van der Waals surface area contributed by atoms with Crippen LogP contribution in [0.25, 0.3) is 33.6 Å². The van der Waals surface area contributed by atoms with Gasteiger partial charge in [-0.05, 0) is 11.6 Å². The molecule has 0 radical (unpaired) electrons. The molecule has 0 spiro atoms. The summed E-state index contributed by atoms with van der Waals surface area (Å²) in [6, 6.07) is 8.10. The Morgan fingerprint density at radius 3 is 2.30 bits per heavy atom. The summed E-state index contributed by atoms with van der Waals surface area (Å²) in [7, 11) is 5.40. The number of nitrogens with zero attached hydrogens (tertiary/aromatic N) is 7. The summed E-state index contributed by atoms with van der Waals surface area (Å²) in [6.07, 6.45) is 11.5. The van der Waals surface area contributed by atoms with Crippen molar-refractivity contribution in [3.63, 3.8) is 0 Å². The maximum absolute atomic E-state index is 11.7. The molecule has 0 atom stereocenters. The van der Waals surface area contributed by atoms with Gasteiger partial charge < -0.3 is 4.90 Å². The lowest BCUT2D eigenvalue weighted by atomic mass is 10.1. The minimum atomic E-state index is 0.0771. The summed E-state index contributed by atoms with van der Waals surface area (Å²) >= 11 is 0. The van der Waals surface area contributed by atoms with Gasteiger partial charge in [-0.25, -0.2) is 9.97 Å². The first kappa shape index (κ1) is 19.5. The zero-order chi connectivity index (χ0) is 21.1. The smallest absolute Gasteiger partial charge is 0.223 e. The Kier molecular flexibility index (Phi) is 5.38. The van der Waals surface area contributed by atoms with E-state index in [4.69, 9.17) is 0 Å². The van der Waals surface area contributed by atoms with Gasteiger partial charge in [-0.1, -0.05) is 18.2 Å². The number of benzene rings is 1. The Labute approximate surface area is 174 Å². The number of amides is 1. The number of hydrogen-bond donors (Lipinski definition) is 0. The van der Waals surface area contributed by atoms with Crippen LogP contribution in [-0.4, -0.2) is 54.4 Å². The molecular weight excluding hydrogens is 378 g/mol. The van der Waals surface area contributed by atoms with E-state index in [2.05, 4.69) is 26.2 Å². The molecule has 0 bridgehead atoms. The monoisotopic (exact) mass is 401 g/mol. The zero-order valence-corrected chi connectivity index (χ0v) is 17.2. The molecule has 3 aromatic heterocycles.